The molecule has 23 nitrogen and oxygen atoms in total. The van der Waals surface area contributed by atoms with Crippen LogP contribution in [0.5, 0.6) is 69.0 Å². The highest BCUT2D eigenvalue weighted by Gasteiger charge is 2.55. The van der Waals surface area contributed by atoms with E-state index in [1.807, 2.05) is 0 Å². The summed E-state index contributed by atoms with van der Waals surface area (Å²) in [6.45, 7) is -1.16. The minimum absolute atomic E-state index is 0.195. The zero-order valence-electron chi connectivity index (χ0n) is 32.0. The Balaban J connectivity index is 1.50. The number of benzene rings is 5. The van der Waals surface area contributed by atoms with Crippen LogP contribution in [-0.2, 0) is 28.4 Å². The van der Waals surface area contributed by atoms with Gasteiger partial charge in [-0.25, -0.2) is 24.0 Å². The molecule has 0 spiro atoms. The summed E-state index contributed by atoms with van der Waals surface area (Å²) in [7, 11) is 0. The molecule has 5 atom stereocenters. The SMILES string of the molecule is O=C(OCC1OC(OC(=O)c2cc(O)c(O)c(O)c2)C(OC(=O)c2ccccc2)C(OC(=O)c2cc(O)c(O)c(O)c2)C1OC(=O)c1cc(O)c(O)c(O)c1)c1cc(O)c(O)c(O)c1. The molecule has 1 saturated heterocycles. The van der Waals surface area contributed by atoms with E-state index in [2.05, 4.69) is 0 Å². The molecule has 0 amide bonds. The van der Waals surface area contributed by atoms with E-state index in [0.717, 1.165) is 0 Å². The van der Waals surface area contributed by atoms with Gasteiger partial charge in [0.05, 0.1) is 27.8 Å². The van der Waals surface area contributed by atoms with Crippen LogP contribution in [0.1, 0.15) is 51.8 Å². The molecule has 12 N–H and O–H groups in total. The van der Waals surface area contributed by atoms with E-state index in [9.17, 15) is 85.3 Å². The van der Waals surface area contributed by atoms with Crippen molar-refractivity contribution in [2.75, 3.05) is 6.61 Å². The Morgan fingerprint density at radius 1 is 0.391 bits per heavy atom. The molecule has 1 aliphatic heterocycles. The van der Waals surface area contributed by atoms with Gasteiger partial charge in [-0.15, -0.1) is 0 Å². The second-order valence-electron chi connectivity index (χ2n) is 13.5. The average molecular weight is 893 g/mol. The number of aromatic hydroxyl groups is 12. The van der Waals surface area contributed by atoms with Crippen molar-refractivity contribution >= 4 is 29.8 Å². The Labute approximate surface area is 356 Å². The zero-order valence-corrected chi connectivity index (χ0v) is 32.0. The van der Waals surface area contributed by atoms with Crippen molar-refractivity contribution in [2.45, 2.75) is 30.7 Å². The topological polar surface area (TPSA) is 383 Å². The summed E-state index contributed by atoms with van der Waals surface area (Å²) in [5.74, 6) is -19.7. The lowest BCUT2D eigenvalue weighted by molar-refractivity contribution is -0.282. The summed E-state index contributed by atoms with van der Waals surface area (Å²) in [6, 6.07) is 11.8. The van der Waals surface area contributed by atoms with E-state index in [1.54, 1.807) is 0 Å². The lowest BCUT2D eigenvalue weighted by atomic mass is 9.97. The molecular weight excluding hydrogens is 860 g/mol. The Morgan fingerprint density at radius 2 is 0.703 bits per heavy atom. The van der Waals surface area contributed by atoms with E-state index in [4.69, 9.17) is 28.4 Å². The first kappa shape index (κ1) is 44.6. The lowest BCUT2D eigenvalue weighted by Gasteiger charge is -2.43. The molecular formula is C41H32O23. The van der Waals surface area contributed by atoms with Crippen molar-refractivity contribution in [3.63, 3.8) is 0 Å². The van der Waals surface area contributed by atoms with E-state index >= 15 is 0 Å². The van der Waals surface area contributed by atoms with E-state index < -0.39 is 158 Å². The summed E-state index contributed by atoms with van der Waals surface area (Å²) in [4.78, 5) is 68.3. The van der Waals surface area contributed by atoms with Crippen molar-refractivity contribution in [3.05, 3.63) is 107 Å². The molecule has 64 heavy (non-hydrogen) atoms. The van der Waals surface area contributed by atoms with E-state index in [-0.39, 0.29) is 5.56 Å². The number of esters is 5. The molecule has 0 saturated carbocycles. The number of phenolic OH excluding ortho intramolecular Hbond substituents is 12. The Bertz CT molecular complexity index is 2570. The second-order valence-corrected chi connectivity index (χ2v) is 13.5. The summed E-state index contributed by atoms with van der Waals surface area (Å²) >= 11 is 0. The third kappa shape index (κ3) is 9.32. The first-order valence-corrected chi connectivity index (χ1v) is 17.9. The van der Waals surface area contributed by atoms with Crippen LogP contribution in [0, 0.1) is 0 Å². The van der Waals surface area contributed by atoms with Crippen molar-refractivity contribution in [2.24, 2.45) is 0 Å². The maximum Gasteiger partial charge on any atom is 0.340 e. The summed E-state index contributed by atoms with van der Waals surface area (Å²) in [5.41, 5.74) is -2.94. The first-order valence-electron chi connectivity index (χ1n) is 17.9. The highest BCUT2D eigenvalue weighted by molar-refractivity contribution is 5.94. The van der Waals surface area contributed by atoms with Crippen LogP contribution in [0.4, 0.5) is 0 Å². The average Bonchev–Trinajstić information content (AvgIpc) is 3.26. The van der Waals surface area contributed by atoms with Crippen molar-refractivity contribution in [3.8, 4) is 69.0 Å². The molecule has 5 aromatic rings. The molecule has 0 aromatic heterocycles. The fourth-order valence-corrected chi connectivity index (χ4v) is 5.96. The molecule has 5 aromatic carbocycles. The van der Waals surface area contributed by atoms with E-state index in [1.165, 1.54) is 30.3 Å². The predicted octanol–water partition coefficient (Wildman–Crippen LogP) is 2.57. The van der Waals surface area contributed by atoms with Gasteiger partial charge in [-0.05, 0) is 60.7 Å². The third-order valence-electron chi connectivity index (χ3n) is 9.15. The van der Waals surface area contributed by atoms with Crippen LogP contribution < -0.4 is 0 Å². The zero-order chi connectivity index (χ0) is 46.7. The molecule has 1 heterocycles. The lowest BCUT2D eigenvalue weighted by Crippen LogP contribution is -2.63. The van der Waals surface area contributed by atoms with Crippen LogP contribution in [0.2, 0.25) is 0 Å². The van der Waals surface area contributed by atoms with Gasteiger partial charge in [0.1, 0.15) is 12.7 Å². The summed E-state index contributed by atoms with van der Waals surface area (Å²) in [5, 5.41) is 120. The van der Waals surface area contributed by atoms with E-state index in [0.29, 0.717) is 48.5 Å². The summed E-state index contributed by atoms with van der Waals surface area (Å²) < 4.78 is 33.7. The smallest absolute Gasteiger partial charge is 0.340 e. The molecule has 6 rings (SSSR count). The van der Waals surface area contributed by atoms with Crippen LogP contribution in [-0.4, -0.2) is 128 Å². The minimum atomic E-state index is -2.38. The maximum atomic E-state index is 13.9. The minimum Gasteiger partial charge on any atom is -0.504 e. The fraction of sp³-hybridized carbons (Fsp3) is 0.146. The molecule has 0 bridgehead atoms. The summed E-state index contributed by atoms with van der Waals surface area (Å²) in [6.07, 6.45) is -11.4. The highest BCUT2D eigenvalue weighted by Crippen LogP contribution is 2.40. The van der Waals surface area contributed by atoms with Gasteiger partial charge in [-0.1, -0.05) is 18.2 Å². The Morgan fingerprint density at radius 3 is 1.09 bits per heavy atom. The standard InChI is InChI=1S/C41H32O23/c42-20-6-16(7-21(43)29(20)50)36(54)59-14-28-33(61-38(56)17-8-22(44)30(51)23(45)9-17)34(62-39(57)18-10-24(46)31(52)25(47)11-18)35(63-37(55)15-4-2-1-3-5-15)41(60-28)64-40(58)19-12-26(48)32(53)27(49)13-19/h1-13,28,33-35,41-53H,14H2. The van der Waals surface area contributed by atoms with Crippen LogP contribution in [0.25, 0.3) is 0 Å². The van der Waals surface area contributed by atoms with Gasteiger partial charge in [0, 0.05) is 0 Å². The largest absolute Gasteiger partial charge is 0.504 e. The monoisotopic (exact) mass is 892 g/mol. The van der Waals surface area contributed by atoms with Gasteiger partial charge in [-0.3, -0.25) is 0 Å². The third-order valence-corrected chi connectivity index (χ3v) is 9.15. The number of carbonyl (C=O) groups is 5. The number of carbonyl (C=O) groups excluding carboxylic acids is 5. The molecule has 0 radical (unpaired) electrons. The van der Waals surface area contributed by atoms with Crippen molar-refractivity contribution in [1.82, 2.24) is 0 Å². The van der Waals surface area contributed by atoms with Gasteiger partial charge >= 0.3 is 29.8 Å². The molecule has 23 heteroatoms. The normalized spacial score (nSPS) is 18.0. The molecule has 334 valence electrons. The fourth-order valence-electron chi connectivity index (χ4n) is 5.96. The molecule has 0 aliphatic carbocycles. The number of rotatable bonds is 11. The highest BCUT2D eigenvalue weighted by atomic mass is 16.7. The Kier molecular flexibility index (Phi) is 12.5. The Hall–Kier alpha value is -8.99. The number of hydrogen-bond donors (Lipinski definition) is 12. The quantitative estimate of drug-likeness (QED) is 0.0515. The maximum absolute atomic E-state index is 13.9. The number of phenols is 12. The molecule has 1 fully saturated rings. The van der Waals surface area contributed by atoms with Crippen molar-refractivity contribution in [1.29, 1.82) is 0 Å². The van der Waals surface area contributed by atoms with Crippen LogP contribution in [0.15, 0.2) is 78.9 Å². The van der Waals surface area contributed by atoms with Gasteiger partial charge in [0.2, 0.25) is 12.4 Å². The van der Waals surface area contributed by atoms with Gasteiger partial charge in [0.15, 0.2) is 81.2 Å². The van der Waals surface area contributed by atoms with Crippen LogP contribution in [0.3, 0.4) is 0 Å². The van der Waals surface area contributed by atoms with Gasteiger partial charge in [-0.2, -0.15) is 0 Å². The van der Waals surface area contributed by atoms with Gasteiger partial charge in [0.25, 0.3) is 0 Å². The van der Waals surface area contributed by atoms with Crippen LogP contribution >= 0.6 is 0 Å². The van der Waals surface area contributed by atoms with Crippen molar-refractivity contribution < 1.29 is 114 Å². The number of hydrogen-bond acceptors (Lipinski definition) is 23. The number of ether oxygens (including phenoxy) is 6. The predicted molar refractivity (Wildman–Crippen MR) is 204 cm³/mol. The van der Waals surface area contributed by atoms with Gasteiger partial charge < -0.3 is 89.7 Å². The second kappa shape index (κ2) is 17.9. The first-order chi connectivity index (χ1) is 30.2. The molecule has 5 unspecified atom stereocenters. The molecule has 1 aliphatic rings.